The maximum absolute atomic E-state index is 13.2. The minimum atomic E-state index is -0.477. The van der Waals surface area contributed by atoms with Crippen molar-refractivity contribution in [1.82, 2.24) is 5.32 Å². The highest BCUT2D eigenvalue weighted by atomic mass is 35.5. The van der Waals surface area contributed by atoms with E-state index in [0.29, 0.717) is 11.6 Å². The first-order valence-corrected chi connectivity index (χ1v) is 6.11. The molecule has 1 atom stereocenters. The Morgan fingerprint density at radius 3 is 2.94 bits per heavy atom. The molecule has 1 saturated heterocycles. The zero-order valence-corrected chi connectivity index (χ0v) is 10.5. The van der Waals surface area contributed by atoms with Gasteiger partial charge in [-0.05, 0) is 37.6 Å². The molecule has 1 N–H and O–H groups in total. The Morgan fingerprint density at radius 1 is 1.53 bits per heavy atom. The number of carbonyl (C=O) groups excluding carboxylic acids is 1. The Labute approximate surface area is 105 Å². The van der Waals surface area contributed by atoms with Crippen molar-refractivity contribution in [3.63, 3.8) is 0 Å². The van der Waals surface area contributed by atoms with Crippen molar-refractivity contribution in [3.05, 3.63) is 34.6 Å². The Bertz CT molecular complexity index is 441. The van der Waals surface area contributed by atoms with E-state index >= 15 is 0 Å². The molecule has 0 radical (unpaired) electrons. The number of piperidine rings is 1. The van der Waals surface area contributed by atoms with E-state index in [-0.39, 0.29) is 11.3 Å². The molecule has 0 aliphatic carbocycles. The third kappa shape index (κ3) is 2.50. The van der Waals surface area contributed by atoms with Crippen LogP contribution in [-0.4, -0.2) is 18.9 Å². The molecule has 1 fully saturated rings. The van der Waals surface area contributed by atoms with Gasteiger partial charge in [0, 0.05) is 17.5 Å². The van der Waals surface area contributed by atoms with Crippen LogP contribution in [0.1, 0.15) is 30.1 Å². The second kappa shape index (κ2) is 4.75. The molecule has 1 unspecified atom stereocenters. The van der Waals surface area contributed by atoms with E-state index in [1.807, 2.05) is 6.92 Å². The fraction of sp³-hybridized carbons (Fsp3) is 0.462. The zero-order valence-electron chi connectivity index (χ0n) is 9.72. The number of benzene rings is 1. The van der Waals surface area contributed by atoms with Gasteiger partial charge in [-0.15, -0.1) is 0 Å². The van der Waals surface area contributed by atoms with Gasteiger partial charge in [0.2, 0.25) is 0 Å². The molecule has 1 heterocycles. The monoisotopic (exact) mass is 255 g/mol. The molecule has 0 aromatic heterocycles. The van der Waals surface area contributed by atoms with Crippen LogP contribution in [0.25, 0.3) is 0 Å². The summed E-state index contributed by atoms with van der Waals surface area (Å²) in [6, 6.07) is 3.93. The van der Waals surface area contributed by atoms with Gasteiger partial charge in [0.05, 0.1) is 5.02 Å². The summed E-state index contributed by atoms with van der Waals surface area (Å²) in [7, 11) is 0. The molecule has 1 aromatic rings. The first kappa shape index (κ1) is 12.5. The summed E-state index contributed by atoms with van der Waals surface area (Å²) in [6.45, 7) is 3.46. The lowest BCUT2D eigenvalue weighted by Gasteiger charge is -2.32. The largest absolute Gasteiger partial charge is 0.316 e. The standard InChI is InChI=1S/C13H15ClFNO/c1-13(5-2-6-16-8-13)12(17)10-7-9(15)3-4-11(10)14/h3-4,7,16H,2,5-6,8H2,1H3. The van der Waals surface area contributed by atoms with Gasteiger partial charge in [-0.1, -0.05) is 18.5 Å². The molecule has 2 rings (SSSR count). The zero-order chi connectivity index (χ0) is 12.5. The summed E-state index contributed by atoms with van der Waals surface area (Å²) in [6.07, 6.45) is 1.76. The van der Waals surface area contributed by atoms with Crippen LogP contribution in [-0.2, 0) is 0 Å². The Balaban J connectivity index is 2.32. The number of hydrogen-bond donors (Lipinski definition) is 1. The summed E-state index contributed by atoms with van der Waals surface area (Å²) in [4.78, 5) is 12.4. The molecule has 0 amide bonds. The Hall–Kier alpha value is -0.930. The lowest BCUT2D eigenvalue weighted by Crippen LogP contribution is -2.43. The summed E-state index contributed by atoms with van der Waals surface area (Å²) >= 11 is 5.96. The summed E-state index contributed by atoms with van der Waals surface area (Å²) in [5.41, 5.74) is -0.187. The summed E-state index contributed by atoms with van der Waals surface area (Å²) in [5, 5.41) is 3.52. The number of Topliss-reactive ketones (excluding diaryl/α,β-unsaturated/α-hetero) is 1. The molecule has 1 aliphatic rings. The van der Waals surface area contributed by atoms with Crippen molar-refractivity contribution in [1.29, 1.82) is 0 Å². The van der Waals surface area contributed by atoms with Crippen LogP contribution in [0.3, 0.4) is 0 Å². The average Bonchev–Trinajstić information content (AvgIpc) is 2.32. The van der Waals surface area contributed by atoms with Crippen LogP contribution in [0.5, 0.6) is 0 Å². The van der Waals surface area contributed by atoms with Crippen LogP contribution in [0.2, 0.25) is 5.02 Å². The van der Waals surface area contributed by atoms with Crippen LogP contribution < -0.4 is 5.32 Å². The number of nitrogens with one attached hydrogen (secondary N) is 1. The molecule has 1 aliphatic heterocycles. The van der Waals surface area contributed by atoms with Crippen molar-refractivity contribution in [2.24, 2.45) is 5.41 Å². The lowest BCUT2D eigenvalue weighted by atomic mass is 9.76. The van der Waals surface area contributed by atoms with Gasteiger partial charge in [-0.2, -0.15) is 0 Å². The van der Waals surface area contributed by atoms with Crippen molar-refractivity contribution in [2.75, 3.05) is 13.1 Å². The average molecular weight is 256 g/mol. The number of rotatable bonds is 2. The molecular weight excluding hydrogens is 241 g/mol. The minimum Gasteiger partial charge on any atom is -0.316 e. The third-order valence-corrected chi connectivity index (χ3v) is 3.65. The van der Waals surface area contributed by atoms with E-state index < -0.39 is 11.2 Å². The van der Waals surface area contributed by atoms with Crippen LogP contribution >= 0.6 is 11.6 Å². The molecule has 1 aromatic carbocycles. The van der Waals surface area contributed by atoms with E-state index in [0.717, 1.165) is 19.4 Å². The van der Waals surface area contributed by atoms with E-state index in [1.165, 1.54) is 18.2 Å². The lowest BCUT2D eigenvalue weighted by molar-refractivity contribution is 0.0772. The first-order valence-electron chi connectivity index (χ1n) is 5.73. The van der Waals surface area contributed by atoms with Crippen molar-refractivity contribution in [3.8, 4) is 0 Å². The topological polar surface area (TPSA) is 29.1 Å². The quantitative estimate of drug-likeness (QED) is 0.823. The first-order chi connectivity index (χ1) is 8.03. The van der Waals surface area contributed by atoms with E-state index in [2.05, 4.69) is 5.32 Å². The third-order valence-electron chi connectivity index (χ3n) is 3.32. The Kier molecular flexibility index (Phi) is 3.50. The van der Waals surface area contributed by atoms with Gasteiger partial charge in [0.15, 0.2) is 5.78 Å². The maximum Gasteiger partial charge on any atom is 0.171 e. The van der Waals surface area contributed by atoms with Gasteiger partial charge in [0.25, 0.3) is 0 Å². The predicted octanol–water partition coefficient (Wildman–Crippen LogP) is 3.05. The molecular formula is C13H15ClFNO. The second-order valence-corrected chi connectivity index (χ2v) is 5.20. The summed E-state index contributed by atoms with van der Waals surface area (Å²) in [5.74, 6) is -0.501. The van der Waals surface area contributed by atoms with Gasteiger partial charge < -0.3 is 5.32 Å². The highest BCUT2D eigenvalue weighted by molar-refractivity contribution is 6.34. The number of carbonyl (C=O) groups is 1. The van der Waals surface area contributed by atoms with Gasteiger partial charge in [-0.3, -0.25) is 4.79 Å². The minimum absolute atomic E-state index is 0.0748. The van der Waals surface area contributed by atoms with Gasteiger partial charge in [-0.25, -0.2) is 4.39 Å². The van der Waals surface area contributed by atoms with E-state index in [1.54, 1.807) is 0 Å². The van der Waals surface area contributed by atoms with E-state index in [4.69, 9.17) is 11.6 Å². The van der Waals surface area contributed by atoms with Gasteiger partial charge >= 0.3 is 0 Å². The fourth-order valence-corrected chi connectivity index (χ4v) is 2.45. The molecule has 4 heteroatoms. The van der Waals surface area contributed by atoms with Crippen LogP contribution in [0, 0.1) is 11.2 Å². The molecule has 0 spiro atoms. The van der Waals surface area contributed by atoms with Crippen molar-refractivity contribution >= 4 is 17.4 Å². The normalized spacial score (nSPS) is 24.6. The van der Waals surface area contributed by atoms with Crippen LogP contribution in [0.4, 0.5) is 4.39 Å². The highest BCUT2D eigenvalue weighted by Gasteiger charge is 2.36. The summed E-state index contributed by atoms with van der Waals surface area (Å²) < 4.78 is 13.2. The molecule has 0 saturated carbocycles. The fourth-order valence-electron chi connectivity index (χ4n) is 2.25. The molecule has 2 nitrogen and oxygen atoms in total. The van der Waals surface area contributed by atoms with E-state index in [9.17, 15) is 9.18 Å². The SMILES string of the molecule is CC1(C(=O)c2cc(F)ccc2Cl)CCCNC1. The number of halogens is 2. The van der Waals surface area contributed by atoms with Crippen LogP contribution in [0.15, 0.2) is 18.2 Å². The Morgan fingerprint density at radius 2 is 2.29 bits per heavy atom. The predicted molar refractivity (Wildman–Crippen MR) is 66.0 cm³/mol. The molecule has 92 valence electrons. The maximum atomic E-state index is 13.2. The highest BCUT2D eigenvalue weighted by Crippen LogP contribution is 2.32. The molecule has 0 bridgehead atoms. The van der Waals surface area contributed by atoms with Crippen molar-refractivity contribution < 1.29 is 9.18 Å². The number of ketones is 1. The van der Waals surface area contributed by atoms with Gasteiger partial charge in [0.1, 0.15) is 5.82 Å². The number of hydrogen-bond acceptors (Lipinski definition) is 2. The second-order valence-electron chi connectivity index (χ2n) is 4.79. The smallest absolute Gasteiger partial charge is 0.171 e. The van der Waals surface area contributed by atoms with Crippen molar-refractivity contribution in [2.45, 2.75) is 19.8 Å². The molecule has 17 heavy (non-hydrogen) atoms.